The van der Waals surface area contributed by atoms with Gasteiger partial charge in [0.2, 0.25) is 0 Å². The summed E-state index contributed by atoms with van der Waals surface area (Å²) in [6, 6.07) is 10.7. The summed E-state index contributed by atoms with van der Waals surface area (Å²) in [5.74, 6) is -0.0942. The van der Waals surface area contributed by atoms with Crippen LogP contribution in [0, 0.1) is 20.8 Å². The summed E-state index contributed by atoms with van der Waals surface area (Å²) in [6.45, 7) is 5.97. The number of aldehydes is 1. The first-order chi connectivity index (χ1) is 10.5. The van der Waals surface area contributed by atoms with Crippen LogP contribution in [0.2, 0.25) is 0 Å². The average molecular weight is 317 g/mol. The molecule has 1 atom stereocenters. The molecule has 0 spiro atoms. The van der Waals surface area contributed by atoms with E-state index >= 15 is 0 Å². The lowest BCUT2D eigenvalue weighted by Gasteiger charge is -2.11. The van der Waals surface area contributed by atoms with Crippen LogP contribution in [0.3, 0.4) is 0 Å². The van der Waals surface area contributed by atoms with Crippen LogP contribution in [0.25, 0.3) is 0 Å². The maximum Gasteiger partial charge on any atom is 0.491 e. The van der Waals surface area contributed by atoms with Gasteiger partial charge in [-0.3, -0.25) is 9.59 Å². The Kier molecular flexibility index (Phi) is 6.77. The molecule has 1 N–H and O–H groups in total. The van der Waals surface area contributed by atoms with Crippen molar-refractivity contribution in [3.8, 4) is 0 Å². The second-order valence-electron chi connectivity index (χ2n) is 4.81. The Bertz CT molecular complexity index is 708. The largest absolute Gasteiger partial charge is 0.491 e. The smallest absolute Gasteiger partial charge is 0.298 e. The van der Waals surface area contributed by atoms with Gasteiger partial charge in [-0.25, -0.2) is 0 Å². The monoisotopic (exact) mass is 317 g/mol. The number of carbonyl (C=O) groups is 2. The van der Waals surface area contributed by atoms with E-state index in [1.165, 1.54) is 0 Å². The van der Waals surface area contributed by atoms with Gasteiger partial charge in [-0.2, -0.15) is 4.89 Å². The molecule has 2 aromatic carbocycles. The van der Waals surface area contributed by atoms with Crippen molar-refractivity contribution in [2.75, 3.05) is 0 Å². The highest BCUT2D eigenvalue weighted by Crippen LogP contribution is 2.21. The number of ketones is 1. The first kappa shape index (κ1) is 17.9. The lowest BCUT2D eigenvalue weighted by atomic mass is 9.92. The standard InChI is InChI=1S/C17H16O2.HO2P/c1-11-8-9-15(13(3)12(11)2)17(19)16-7-5-4-6-14(16)10-18;1-3-2/h4-10H,1-3H3;3H/p+1. The van der Waals surface area contributed by atoms with Gasteiger partial charge in [0.1, 0.15) is 0 Å². The summed E-state index contributed by atoms with van der Waals surface area (Å²) < 4.78 is 8.51. The van der Waals surface area contributed by atoms with E-state index in [0.717, 1.165) is 23.0 Å². The molecule has 1 unspecified atom stereocenters. The lowest BCUT2D eigenvalue weighted by Crippen LogP contribution is -2.08. The van der Waals surface area contributed by atoms with Crippen molar-refractivity contribution < 1.29 is 19.0 Å². The second-order valence-corrected chi connectivity index (χ2v) is 4.99. The van der Waals surface area contributed by atoms with E-state index in [1.54, 1.807) is 24.3 Å². The molecule has 0 aliphatic carbocycles. The number of carbonyl (C=O) groups excluding carboxylic acids is 2. The summed E-state index contributed by atoms with van der Waals surface area (Å²) in [4.78, 5) is 30.6. The zero-order valence-electron chi connectivity index (χ0n) is 12.7. The molecule has 0 amide bonds. The van der Waals surface area contributed by atoms with Crippen LogP contribution in [0.15, 0.2) is 36.4 Å². The normalized spacial score (nSPS) is 9.82. The predicted octanol–water partition coefficient (Wildman–Crippen LogP) is 3.57. The van der Waals surface area contributed by atoms with Crippen LogP contribution in [0.4, 0.5) is 0 Å². The highest BCUT2D eigenvalue weighted by Gasteiger charge is 2.16. The van der Waals surface area contributed by atoms with Crippen molar-refractivity contribution in [1.82, 2.24) is 0 Å². The number of hydrogen-bond acceptors (Lipinski definition) is 3. The quantitative estimate of drug-likeness (QED) is 0.533. The predicted molar refractivity (Wildman–Crippen MR) is 87.1 cm³/mol. The van der Waals surface area contributed by atoms with E-state index in [1.807, 2.05) is 32.9 Å². The summed E-state index contributed by atoms with van der Waals surface area (Å²) in [5, 5.41) is 0. The van der Waals surface area contributed by atoms with Crippen LogP contribution < -0.4 is 0 Å². The molecule has 5 heteroatoms. The highest BCUT2D eigenvalue weighted by molar-refractivity contribution is 7.16. The molecule has 2 aromatic rings. The maximum atomic E-state index is 12.6. The fourth-order valence-corrected chi connectivity index (χ4v) is 2.15. The van der Waals surface area contributed by atoms with Gasteiger partial charge in [0.15, 0.2) is 12.1 Å². The molecular formula is C17H18O4P+. The van der Waals surface area contributed by atoms with Crippen LogP contribution in [-0.2, 0) is 4.57 Å². The molecule has 0 bridgehead atoms. The second kappa shape index (κ2) is 8.32. The van der Waals surface area contributed by atoms with Crippen LogP contribution in [0.5, 0.6) is 0 Å². The molecule has 0 saturated heterocycles. The fraction of sp³-hybridized carbons (Fsp3) is 0.176. The highest BCUT2D eigenvalue weighted by atomic mass is 31.1. The topological polar surface area (TPSA) is 71.4 Å². The van der Waals surface area contributed by atoms with E-state index < -0.39 is 8.69 Å². The molecule has 0 radical (unpaired) electrons. The van der Waals surface area contributed by atoms with E-state index in [-0.39, 0.29) is 5.78 Å². The number of hydrogen-bond donors (Lipinski definition) is 1. The van der Waals surface area contributed by atoms with Crippen LogP contribution >= 0.6 is 8.69 Å². The molecule has 2 rings (SSSR count). The zero-order valence-corrected chi connectivity index (χ0v) is 13.7. The first-order valence-corrected chi connectivity index (χ1v) is 7.50. The molecule has 0 fully saturated rings. The molecule has 0 aliphatic rings. The van der Waals surface area contributed by atoms with Gasteiger partial charge in [0, 0.05) is 16.7 Å². The Labute approximate surface area is 131 Å². The minimum absolute atomic E-state index is 0.0942. The summed E-state index contributed by atoms with van der Waals surface area (Å²) in [5.41, 5.74) is 4.82. The van der Waals surface area contributed by atoms with Crippen molar-refractivity contribution in [2.24, 2.45) is 0 Å². The molecule has 0 aromatic heterocycles. The Morgan fingerprint density at radius 1 is 1.00 bits per heavy atom. The van der Waals surface area contributed by atoms with Crippen molar-refractivity contribution in [3.05, 3.63) is 69.8 Å². The molecule has 0 aliphatic heterocycles. The van der Waals surface area contributed by atoms with Crippen LogP contribution in [-0.4, -0.2) is 17.0 Å². The summed E-state index contributed by atoms with van der Waals surface area (Å²) in [6.07, 6.45) is 0.726. The van der Waals surface area contributed by atoms with E-state index in [0.29, 0.717) is 16.7 Å². The first-order valence-electron chi connectivity index (χ1n) is 6.64. The SMILES string of the molecule is Cc1ccc(C(=O)c2ccccc2C=O)c(C)c1C.O=[PH+]O. The molecule has 22 heavy (non-hydrogen) atoms. The Balaban J connectivity index is 0.000000745. The zero-order chi connectivity index (χ0) is 16.7. The van der Waals surface area contributed by atoms with E-state index in [2.05, 4.69) is 0 Å². The summed E-state index contributed by atoms with van der Waals surface area (Å²) >= 11 is 0. The minimum atomic E-state index is -1.17. The number of benzene rings is 2. The molecule has 0 heterocycles. The molecular weight excluding hydrogens is 299 g/mol. The van der Waals surface area contributed by atoms with Gasteiger partial charge in [-0.15, -0.1) is 0 Å². The number of aryl methyl sites for hydroxylation is 1. The van der Waals surface area contributed by atoms with Crippen molar-refractivity contribution in [1.29, 1.82) is 0 Å². The lowest BCUT2D eigenvalue weighted by molar-refractivity contribution is 0.102. The third kappa shape index (κ3) is 3.94. The van der Waals surface area contributed by atoms with Gasteiger partial charge >= 0.3 is 8.69 Å². The van der Waals surface area contributed by atoms with Gasteiger partial charge in [0.25, 0.3) is 0 Å². The minimum Gasteiger partial charge on any atom is -0.298 e. The van der Waals surface area contributed by atoms with E-state index in [9.17, 15) is 9.59 Å². The third-order valence-corrected chi connectivity index (χ3v) is 3.64. The van der Waals surface area contributed by atoms with Crippen molar-refractivity contribution >= 4 is 20.8 Å². The average Bonchev–Trinajstić information content (AvgIpc) is 2.53. The van der Waals surface area contributed by atoms with Crippen molar-refractivity contribution in [2.45, 2.75) is 20.8 Å². The fourth-order valence-electron chi connectivity index (χ4n) is 2.15. The maximum absolute atomic E-state index is 12.6. The molecule has 4 nitrogen and oxygen atoms in total. The Hall–Kier alpha value is -2.16. The third-order valence-electron chi connectivity index (χ3n) is 3.64. The number of rotatable bonds is 3. The van der Waals surface area contributed by atoms with Gasteiger partial charge < -0.3 is 0 Å². The van der Waals surface area contributed by atoms with E-state index in [4.69, 9.17) is 9.46 Å². The Morgan fingerprint density at radius 3 is 2.18 bits per heavy atom. The van der Waals surface area contributed by atoms with Crippen molar-refractivity contribution in [3.63, 3.8) is 0 Å². The molecule has 114 valence electrons. The molecule has 0 saturated carbocycles. The van der Waals surface area contributed by atoms with Gasteiger partial charge in [-0.05, 0) is 42.0 Å². The summed E-state index contributed by atoms with van der Waals surface area (Å²) in [7, 11) is -1.17. The van der Waals surface area contributed by atoms with Crippen LogP contribution in [0.1, 0.15) is 43.0 Å². The van der Waals surface area contributed by atoms with Gasteiger partial charge in [-0.1, -0.05) is 36.4 Å². The Morgan fingerprint density at radius 2 is 1.59 bits per heavy atom. The van der Waals surface area contributed by atoms with Gasteiger partial charge in [0.05, 0.1) is 0 Å².